The van der Waals surface area contributed by atoms with E-state index in [1.54, 1.807) is 6.07 Å². The maximum absolute atomic E-state index is 13.6. The third-order valence-electron chi connectivity index (χ3n) is 6.20. The Labute approximate surface area is 178 Å². The molecule has 30 heavy (non-hydrogen) atoms. The first kappa shape index (κ1) is 20.8. The van der Waals surface area contributed by atoms with Crippen LogP contribution in [0.15, 0.2) is 60.8 Å². The Morgan fingerprint density at radius 1 is 1.10 bits per heavy atom. The Morgan fingerprint density at radius 3 is 2.60 bits per heavy atom. The van der Waals surface area contributed by atoms with Crippen molar-refractivity contribution in [1.82, 2.24) is 20.0 Å². The molecule has 5 heteroatoms. The molecule has 0 spiro atoms. The van der Waals surface area contributed by atoms with Crippen molar-refractivity contribution >= 4 is 0 Å². The third-order valence-corrected chi connectivity index (χ3v) is 6.20. The predicted octanol–water partition coefficient (Wildman–Crippen LogP) is 4.68. The quantitative estimate of drug-likeness (QED) is 0.619. The lowest BCUT2D eigenvalue weighted by Crippen LogP contribution is -2.43. The molecule has 1 atom stereocenters. The summed E-state index contributed by atoms with van der Waals surface area (Å²) in [5, 5.41) is 8.30. The normalized spacial score (nSPS) is 16.6. The van der Waals surface area contributed by atoms with Crippen molar-refractivity contribution in [1.29, 1.82) is 0 Å². The van der Waals surface area contributed by atoms with Crippen molar-refractivity contribution in [3.05, 3.63) is 83.4 Å². The molecular formula is C25H31FN4. The van der Waals surface area contributed by atoms with Crippen LogP contribution in [-0.4, -0.2) is 40.4 Å². The number of piperidine rings is 1. The van der Waals surface area contributed by atoms with Crippen LogP contribution in [0.25, 0.3) is 5.69 Å². The van der Waals surface area contributed by atoms with Crippen LogP contribution < -0.4 is 5.32 Å². The molecule has 0 aliphatic carbocycles. The summed E-state index contributed by atoms with van der Waals surface area (Å²) in [4.78, 5) is 2.57. The van der Waals surface area contributed by atoms with Gasteiger partial charge < -0.3 is 10.2 Å². The van der Waals surface area contributed by atoms with Gasteiger partial charge in [0.15, 0.2) is 0 Å². The van der Waals surface area contributed by atoms with E-state index in [1.165, 1.54) is 23.3 Å². The number of halogens is 1. The van der Waals surface area contributed by atoms with Crippen LogP contribution in [0.2, 0.25) is 0 Å². The highest BCUT2D eigenvalue weighted by Crippen LogP contribution is 2.23. The van der Waals surface area contributed by atoms with Gasteiger partial charge in [0.25, 0.3) is 0 Å². The molecular weight excluding hydrogens is 375 g/mol. The zero-order chi connectivity index (χ0) is 20.9. The second kappa shape index (κ2) is 9.54. The summed E-state index contributed by atoms with van der Waals surface area (Å²) in [7, 11) is 0. The fraction of sp³-hybridized carbons (Fsp3) is 0.400. The zero-order valence-corrected chi connectivity index (χ0v) is 17.9. The molecule has 2 aromatic carbocycles. The molecule has 2 heterocycles. The Hall–Kier alpha value is -2.50. The molecule has 1 aromatic heterocycles. The van der Waals surface area contributed by atoms with Crippen LogP contribution in [0.4, 0.5) is 4.39 Å². The summed E-state index contributed by atoms with van der Waals surface area (Å²) in [6.07, 6.45) is 5.35. The molecule has 1 aliphatic heterocycles. The first-order valence-electron chi connectivity index (χ1n) is 10.9. The Balaban J connectivity index is 1.29. The van der Waals surface area contributed by atoms with Crippen molar-refractivity contribution < 1.29 is 4.39 Å². The molecule has 0 unspecified atom stereocenters. The average molecular weight is 407 g/mol. The molecule has 1 saturated heterocycles. The van der Waals surface area contributed by atoms with Crippen LogP contribution in [0.1, 0.15) is 42.6 Å². The number of hydrogen-bond donors (Lipinski definition) is 1. The molecule has 1 N–H and O–H groups in total. The molecule has 0 amide bonds. The van der Waals surface area contributed by atoms with E-state index in [2.05, 4.69) is 59.5 Å². The molecule has 0 saturated carbocycles. The van der Waals surface area contributed by atoms with Gasteiger partial charge >= 0.3 is 0 Å². The summed E-state index contributed by atoms with van der Waals surface area (Å²) in [6, 6.07) is 18.0. The lowest BCUT2D eigenvalue weighted by molar-refractivity contribution is 0.194. The first-order valence-corrected chi connectivity index (χ1v) is 10.9. The van der Waals surface area contributed by atoms with Gasteiger partial charge in [-0.3, -0.25) is 0 Å². The van der Waals surface area contributed by atoms with Crippen molar-refractivity contribution in [2.45, 2.75) is 45.2 Å². The molecule has 3 aromatic rings. The van der Waals surface area contributed by atoms with Crippen molar-refractivity contribution in [2.24, 2.45) is 0 Å². The Morgan fingerprint density at radius 2 is 1.87 bits per heavy atom. The van der Waals surface area contributed by atoms with E-state index < -0.39 is 0 Å². The summed E-state index contributed by atoms with van der Waals surface area (Å²) in [5.41, 5.74) is 4.40. The minimum atomic E-state index is -0.242. The largest absolute Gasteiger partial charge is 0.307 e. The number of nitrogens with one attached hydrogen (secondary N) is 1. The molecule has 0 radical (unpaired) electrons. The van der Waals surface area contributed by atoms with Gasteiger partial charge in [0.05, 0.1) is 11.9 Å². The predicted molar refractivity (Wildman–Crippen MR) is 119 cm³/mol. The van der Waals surface area contributed by atoms with Gasteiger partial charge in [0.2, 0.25) is 0 Å². The lowest BCUT2D eigenvalue weighted by Gasteiger charge is -2.34. The van der Waals surface area contributed by atoms with Crippen LogP contribution in [0, 0.1) is 12.7 Å². The van der Waals surface area contributed by atoms with Gasteiger partial charge in [-0.1, -0.05) is 36.4 Å². The summed E-state index contributed by atoms with van der Waals surface area (Å²) in [6.45, 7) is 7.66. The highest BCUT2D eigenvalue weighted by Gasteiger charge is 2.22. The van der Waals surface area contributed by atoms with Crippen LogP contribution in [0.3, 0.4) is 0 Å². The van der Waals surface area contributed by atoms with Gasteiger partial charge in [-0.25, -0.2) is 9.07 Å². The minimum Gasteiger partial charge on any atom is -0.307 e. The SMILES string of the molecule is Cc1c([C@@H](C)NC2CCN(CCc3ccccc3)CC2)cnn1-c1cccc(F)c1. The minimum absolute atomic E-state index is 0.216. The number of likely N-dealkylation sites (tertiary alicyclic amines) is 1. The second-order valence-electron chi connectivity index (χ2n) is 8.32. The van der Waals surface area contributed by atoms with Crippen molar-refractivity contribution in [2.75, 3.05) is 19.6 Å². The highest BCUT2D eigenvalue weighted by molar-refractivity contribution is 5.35. The topological polar surface area (TPSA) is 33.1 Å². The lowest BCUT2D eigenvalue weighted by atomic mass is 10.0. The first-order chi connectivity index (χ1) is 14.6. The van der Waals surface area contributed by atoms with Gasteiger partial charge in [-0.2, -0.15) is 5.10 Å². The van der Waals surface area contributed by atoms with E-state index in [-0.39, 0.29) is 11.9 Å². The van der Waals surface area contributed by atoms with Gasteiger partial charge in [-0.05, 0) is 70.0 Å². The van der Waals surface area contributed by atoms with Crippen molar-refractivity contribution in [3.63, 3.8) is 0 Å². The molecule has 1 fully saturated rings. The number of benzene rings is 2. The maximum atomic E-state index is 13.6. The molecule has 0 bridgehead atoms. The Bertz CT molecular complexity index is 945. The standard InChI is InChI=1S/C25H31FN4/c1-19(25-18-27-30(20(25)2)24-10-6-9-22(26)17-24)28-23-12-15-29(16-13-23)14-11-21-7-4-3-5-8-21/h3-10,17-19,23,28H,11-16H2,1-2H3/t19-/m1/s1. The average Bonchev–Trinajstić information content (AvgIpc) is 3.15. The number of hydrogen-bond acceptors (Lipinski definition) is 3. The van der Waals surface area contributed by atoms with E-state index in [0.29, 0.717) is 6.04 Å². The highest BCUT2D eigenvalue weighted by atomic mass is 19.1. The number of aromatic nitrogens is 2. The number of nitrogens with zero attached hydrogens (tertiary/aromatic N) is 3. The van der Waals surface area contributed by atoms with E-state index in [4.69, 9.17) is 0 Å². The zero-order valence-electron chi connectivity index (χ0n) is 17.9. The van der Waals surface area contributed by atoms with E-state index in [1.807, 2.05) is 16.9 Å². The molecule has 158 valence electrons. The fourth-order valence-corrected chi connectivity index (χ4v) is 4.41. The van der Waals surface area contributed by atoms with Crippen LogP contribution in [0.5, 0.6) is 0 Å². The molecule has 4 nitrogen and oxygen atoms in total. The summed E-state index contributed by atoms with van der Waals surface area (Å²) in [5.74, 6) is -0.242. The number of rotatable bonds is 7. The Kier molecular flexibility index (Phi) is 6.60. The summed E-state index contributed by atoms with van der Waals surface area (Å²) < 4.78 is 15.4. The monoisotopic (exact) mass is 406 g/mol. The third kappa shape index (κ3) is 4.97. The smallest absolute Gasteiger partial charge is 0.125 e. The van der Waals surface area contributed by atoms with Gasteiger partial charge in [-0.15, -0.1) is 0 Å². The van der Waals surface area contributed by atoms with Crippen LogP contribution in [-0.2, 0) is 6.42 Å². The molecule has 4 rings (SSSR count). The van der Waals surface area contributed by atoms with Gasteiger partial charge in [0.1, 0.15) is 5.82 Å². The molecule has 1 aliphatic rings. The summed E-state index contributed by atoms with van der Waals surface area (Å²) >= 11 is 0. The fourth-order valence-electron chi connectivity index (χ4n) is 4.41. The second-order valence-corrected chi connectivity index (χ2v) is 8.32. The van der Waals surface area contributed by atoms with E-state index >= 15 is 0 Å². The maximum Gasteiger partial charge on any atom is 0.125 e. The van der Waals surface area contributed by atoms with E-state index in [0.717, 1.165) is 50.3 Å². The van der Waals surface area contributed by atoms with E-state index in [9.17, 15) is 4.39 Å². The van der Waals surface area contributed by atoms with Gasteiger partial charge in [0, 0.05) is 29.9 Å². The van der Waals surface area contributed by atoms with Crippen molar-refractivity contribution in [3.8, 4) is 5.69 Å². The van der Waals surface area contributed by atoms with Crippen LogP contribution >= 0.6 is 0 Å².